The molecule has 21 heteroatoms. The van der Waals surface area contributed by atoms with Crippen LogP contribution in [0, 0.1) is 11.7 Å². The summed E-state index contributed by atoms with van der Waals surface area (Å²) in [4.78, 5) is 30.9. The van der Waals surface area contributed by atoms with Crippen molar-refractivity contribution in [3.63, 3.8) is 0 Å². The summed E-state index contributed by atoms with van der Waals surface area (Å²) >= 11 is 0. The van der Waals surface area contributed by atoms with Gasteiger partial charge in [0.1, 0.15) is 73.1 Å². The van der Waals surface area contributed by atoms with E-state index in [-0.39, 0.29) is 56.5 Å². The van der Waals surface area contributed by atoms with Crippen molar-refractivity contribution >= 4 is 27.5 Å². The Morgan fingerprint density at radius 1 is 0.580 bits per heavy atom. The van der Waals surface area contributed by atoms with Crippen LogP contribution in [0.2, 0.25) is 0 Å². The van der Waals surface area contributed by atoms with Crippen molar-refractivity contribution in [3.05, 3.63) is 126 Å². The number of anilines is 1. The zero-order valence-electron chi connectivity index (χ0n) is 61.0. The molecule has 100 heavy (non-hydrogen) atoms. The zero-order chi connectivity index (χ0) is 71.5. The number of rotatable bonds is 50. The molecule has 0 saturated carbocycles. The van der Waals surface area contributed by atoms with Crippen molar-refractivity contribution in [2.45, 2.75) is 262 Å². The van der Waals surface area contributed by atoms with Crippen molar-refractivity contribution in [1.82, 2.24) is 4.90 Å². The second-order valence-electron chi connectivity index (χ2n) is 26.7. The maximum absolute atomic E-state index is 15.8. The molecule has 3 aliphatic heterocycles. The Morgan fingerprint density at radius 2 is 1.08 bits per heavy atom. The molecule has 3 saturated heterocycles. The van der Waals surface area contributed by atoms with Crippen LogP contribution in [0.1, 0.15) is 200 Å². The Bertz CT molecular complexity index is 3010. The fourth-order valence-electron chi connectivity index (χ4n) is 12.8. The maximum atomic E-state index is 15.8. The first kappa shape index (κ1) is 82.1. The third-order valence-electron chi connectivity index (χ3n) is 18.7. The fraction of sp³-hybridized carbons (Fsp3) is 0.671. The van der Waals surface area contributed by atoms with E-state index in [4.69, 9.17) is 56.8 Å². The highest BCUT2D eigenvalue weighted by Gasteiger charge is 2.55. The predicted octanol–water partition coefficient (Wildman–Crippen LogP) is 15.1. The Balaban J connectivity index is 1.33. The molecule has 3 heterocycles. The number of amides is 2. The van der Waals surface area contributed by atoms with E-state index in [1.54, 1.807) is 6.07 Å². The molecule has 3 aliphatic rings. The van der Waals surface area contributed by atoms with Gasteiger partial charge in [-0.05, 0) is 118 Å². The number of nitrogens with zero attached hydrogens (tertiary/aromatic N) is 1. The summed E-state index contributed by atoms with van der Waals surface area (Å²) in [5.74, 6) is -2.52. The van der Waals surface area contributed by atoms with Crippen LogP contribution in [0.4, 0.5) is 14.9 Å². The van der Waals surface area contributed by atoms with Crippen molar-refractivity contribution in [2.24, 2.45) is 5.92 Å². The largest absolute Gasteiger partial charge is 0.493 e. The molecular weight excluding hydrogens is 1300 g/mol. The number of unbranched alkanes of at least 4 members (excludes halogenated alkanes) is 8. The van der Waals surface area contributed by atoms with E-state index in [2.05, 4.69) is 53.8 Å². The minimum absolute atomic E-state index is 0.000875. The van der Waals surface area contributed by atoms with E-state index >= 15 is 13.2 Å². The second kappa shape index (κ2) is 45.2. The van der Waals surface area contributed by atoms with Crippen LogP contribution < -0.4 is 10.1 Å². The molecule has 7 rings (SSSR count). The second-order valence-corrected chi connectivity index (χ2v) is 28.7. The van der Waals surface area contributed by atoms with Gasteiger partial charge in [-0.3, -0.25) is 4.79 Å². The molecular formula is C79H119FN2O17S. The Kier molecular flexibility index (Phi) is 37.1. The number of imide groups is 1. The highest BCUT2D eigenvalue weighted by molar-refractivity contribution is 7.91. The van der Waals surface area contributed by atoms with Gasteiger partial charge in [0.05, 0.1) is 54.6 Å². The van der Waals surface area contributed by atoms with E-state index in [1.807, 2.05) is 67.6 Å². The number of sulfone groups is 1. The monoisotopic (exact) mass is 1420 g/mol. The first-order chi connectivity index (χ1) is 48.7. The molecule has 0 aromatic heterocycles. The van der Waals surface area contributed by atoms with Gasteiger partial charge < -0.3 is 67.3 Å². The molecule has 0 spiro atoms. The van der Waals surface area contributed by atoms with E-state index in [1.165, 1.54) is 41.3 Å². The number of aliphatic hydroxyl groups excluding tert-OH is 1. The number of halogens is 1. The minimum Gasteiger partial charge on any atom is -0.493 e. The third-order valence-corrected chi connectivity index (χ3v) is 20.4. The summed E-state index contributed by atoms with van der Waals surface area (Å²) in [5, 5.41) is 15.4. The van der Waals surface area contributed by atoms with Crippen LogP contribution in [-0.4, -0.2) is 176 Å². The number of carbonyl (C=O) groups is 2. The van der Waals surface area contributed by atoms with Crippen LogP contribution in [0.25, 0.3) is 0 Å². The SMILES string of the molecule is CCCCOCC1O[C@@H](O[C@@H]2C(COCCCC)O[C@@H](CS(=O)(=O)c3ccc([C@@H](Nc4ccccc4)[C@@H](CC[C@H](O)c4ccc(F)cc4)C(=O)N4C(=O)OC[C@@H]4Cc4ccccc4)c(OCCCC)c3)[C@@H](OCCCC)C2OCCCC)[C@@H](OCCCC)C(OCCCC)[C@@H]1OCCCC. The first-order valence-electron chi connectivity index (χ1n) is 37.7. The van der Waals surface area contributed by atoms with E-state index in [0.717, 1.165) is 89.0 Å². The molecule has 0 bridgehead atoms. The molecule has 0 radical (unpaired) electrons. The standard InChI is InChI=1S/C79H119FN2O17S/c1-9-17-43-88-54-67-71(91-46-20-12-4)75(94-49-23-15-7)76(95-50-24-16-8)78(98-67)99-73-68(55-89-44-18-10-2)97-69(72(92-47-21-13-5)74(73)93-48-22-14-6)56-100(86,87)62-39-40-63(66(52-62)90-45-19-11-3)70(81-60-33-29-26-30-34-60)64(41-42-65(83)58-35-37-59(80)38-36-58)77(84)82-61(53-96-79(82)85)51-57-31-27-25-28-32-57/h25-40,52,61,64-65,67-76,78,81,83H,9-24,41-51,53-56H2,1-8H3/t61-,64+,65-,67?,68?,69-,70+,71+,72+,73+,74?,75?,76-,78-/m0/s1. The number of carbonyl (C=O) groups excluding carboxylic acids is 2. The summed E-state index contributed by atoms with van der Waals surface area (Å²) < 4.78 is 127. The first-order valence-corrected chi connectivity index (χ1v) is 39.4. The zero-order valence-corrected chi connectivity index (χ0v) is 61.8. The lowest BCUT2D eigenvalue weighted by atomic mass is 9.85. The van der Waals surface area contributed by atoms with Crippen LogP contribution >= 0.6 is 0 Å². The molecule has 560 valence electrons. The van der Waals surface area contributed by atoms with Gasteiger partial charge >= 0.3 is 6.09 Å². The number of benzene rings is 4. The molecule has 2 amide bonds. The van der Waals surface area contributed by atoms with Gasteiger partial charge in [0.25, 0.3) is 0 Å². The van der Waals surface area contributed by atoms with Crippen LogP contribution in [-0.2, 0) is 73.2 Å². The molecule has 4 aromatic carbocycles. The van der Waals surface area contributed by atoms with Gasteiger partial charge in [-0.15, -0.1) is 0 Å². The highest BCUT2D eigenvalue weighted by atomic mass is 32.2. The molecule has 3 fully saturated rings. The third kappa shape index (κ3) is 25.1. The average Bonchev–Trinajstić information content (AvgIpc) is 0.875. The summed E-state index contributed by atoms with van der Waals surface area (Å²) in [6.07, 6.45) is 2.90. The van der Waals surface area contributed by atoms with Gasteiger partial charge in [0.2, 0.25) is 5.91 Å². The Hall–Kier alpha value is -5.14. The normalized spacial score (nSPS) is 23.5. The Morgan fingerprint density at radius 3 is 1.65 bits per heavy atom. The van der Waals surface area contributed by atoms with Gasteiger partial charge in [0.15, 0.2) is 16.1 Å². The number of hydrogen-bond donors (Lipinski definition) is 2. The lowest BCUT2D eigenvalue weighted by Crippen LogP contribution is -2.67. The number of ether oxygens (including phenoxy) is 12. The quantitative estimate of drug-likeness (QED) is 0.0393. The molecule has 4 unspecified atom stereocenters. The maximum Gasteiger partial charge on any atom is 0.416 e. The number of aliphatic hydroxyl groups is 1. The van der Waals surface area contributed by atoms with Crippen LogP contribution in [0.15, 0.2) is 108 Å². The fourth-order valence-corrected chi connectivity index (χ4v) is 14.2. The van der Waals surface area contributed by atoms with Crippen LogP contribution in [0.5, 0.6) is 5.75 Å². The molecule has 4 aromatic rings. The minimum atomic E-state index is -4.38. The number of hydrogen-bond acceptors (Lipinski definition) is 18. The summed E-state index contributed by atoms with van der Waals surface area (Å²) in [7, 11) is -4.38. The number of cyclic esters (lactones) is 1. The van der Waals surface area contributed by atoms with E-state index < -0.39 is 119 Å². The van der Waals surface area contributed by atoms with Gasteiger partial charge in [-0.2, -0.15) is 0 Å². The molecule has 0 aliphatic carbocycles. The summed E-state index contributed by atoms with van der Waals surface area (Å²) in [5.41, 5.74) is 2.38. The van der Waals surface area contributed by atoms with Gasteiger partial charge in [-0.25, -0.2) is 22.5 Å². The van der Waals surface area contributed by atoms with Crippen molar-refractivity contribution in [3.8, 4) is 5.75 Å². The Labute approximate surface area is 596 Å². The predicted molar refractivity (Wildman–Crippen MR) is 385 cm³/mol. The molecule has 14 atom stereocenters. The van der Waals surface area contributed by atoms with Gasteiger partial charge in [0, 0.05) is 57.5 Å². The lowest BCUT2D eigenvalue weighted by Gasteiger charge is -2.50. The average molecular weight is 1420 g/mol. The van der Waals surface area contributed by atoms with Crippen molar-refractivity contribution in [1.29, 1.82) is 0 Å². The topological polar surface area (TPSA) is 215 Å². The van der Waals surface area contributed by atoms with E-state index in [0.29, 0.717) is 82.1 Å². The molecule has 2 N–H and O–H groups in total. The van der Waals surface area contributed by atoms with Crippen molar-refractivity contribution < 1.29 is 84.3 Å². The smallest absolute Gasteiger partial charge is 0.416 e. The highest BCUT2D eigenvalue weighted by Crippen LogP contribution is 2.42. The lowest BCUT2D eigenvalue weighted by molar-refractivity contribution is -0.358. The summed E-state index contributed by atoms with van der Waals surface area (Å²) in [6, 6.07) is 27.4. The summed E-state index contributed by atoms with van der Waals surface area (Å²) in [6.45, 7) is 20.1. The van der Waals surface area contributed by atoms with Crippen LogP contribution in [0.3, 0.4) is 0 Å². The van der Waals surface area contributed by atoms with Crippen molar-refractivity contribution in [2.75, 3.05) is 83.7 Å². The van der Waals surface area contributed by atoms with Gasteiger partial charge in [-0.1, -0.05) is 173 Å². The van der Waals surface area contributed by atoms with E-state index in [9.17, 15) is 14.3 Å². The molecule has 19 nitrogen and oxygen atoms in total. The number of para-hydroxylation sites is 1. The number of nitrogens with one attached hydrogen (secondary N) is 1.